The molecule has 1 heterocycles. The molecule has 7 nitrogen and oxygen atoms in total. The molecule has 0 aliphatic rings. The van der Waals surface area contributed by atoms with Crippen molar-refractivity contribution >= 4 is 15.9 Å². The SMILES string of the molecule is O=C(CCNS(=O)(=O)c1ccc(OC(F)(F)F)cc1)NCc1ccccn1. The van der Waals surface area contributed by atoms with E-state index in [2.05, 4.69) is 19.8 Å². The highest BCUT2D eigenvalue weighted by molar-refractivity contribution is 7.89. The minimum Gasteiger partial charge on any atom is -0.406 e. The summed E-state index contributed by atoms with van der Waals surface area (Å²) in [5.41, 5.74) is 0.660. The van der Waals surface area contributed by atoms with Crippen molar-refractivity contribution in [1.82, 2.24) is 15.0 Å². The quantitative estimate of drug-likeness (QED) is 0.702. The van der Waals surface area contributed by atoms with Crippen LogP contribution in [0.1, 0.15) is 12.1 Å². The van der Waals surface area contributed by atoms with Gasteiger partial charge in [0.25, 0.3) is 0 Å². The van der Waals surface area contributed by atoms with Crippen LogP contribution in [-0.4, -0.2) is 32.2 Å². The maximum Gasteiger partial charge on any atom is 0.573 e. The molecular formula is C16H16F3N3O4S. The number of carbonyl (C=O) groups excluding carboxylic acids is 1. The lowest BCUT2D eigenvalue weighted by atomic mass is 10.3. The number of rotatable bonds is 8. The van der Waals surface area contributed by atoms with E-state index in [0.717, 1.165) is 24.3 Å². The minimum absolute atomic E-state index is 0.110. The van der Waals surface area contributed by atoms with Crippen LogP contribution in [0.4, 0.5) is 13.2 Å². The van der Waals surface area contributed by atoms with Gasteiger partial charge in [0.1, 0.15) is 5.75 Å². The lowest BCUT2D eigenvalue weighted by molar-refractivity contribution is -0.274. The summed E-state index contributed by atoms with van der Waals surface area (Å²) in [6.07, 6.45) is -3.39. The fourth-order valence-electron chi connectivity index (χ4n) is 1.98. The van der Waals surface area contributed by atoms with E-state index in [9.17, 15) is 26.4 Å². The highest BCUT2D eigenvalue weighted by Crippen LogP contribution is 2.23. The van der Waals surface area contributed by atoms with Crippen LogP contribution in [0.15, 0.2) is 53.6 Å². The first-order chi connectivity index (χ1) is 12.7. The Labute approximate surface area is 153 Å². The molecule has 146 valence electrons. The van der Waals surface area contributed by atoms with Crippen molar-refractivity contribution in [3.63, 3.8) is 0 Å². The minimum atomic E-state index is -4.86. The first-order valence-electron chi connectivity index (χ1n) is 7.68. The lowest BCUT2D eigenvalue weighted by Crippen LogP contribution is -2.30. The summed E-state index contributed by atoms with van der Waals surface area (Å²) >= 11 is 0. The lowest BCUT2D eigenvalue weighted by Gasteiger charge is -2.10. The fraction of sp³-hybridized carbons (Fsp3) is 0.250. The van der Waals surface area contributed by atoms with Gasteiger partial charge in [0.2, 0.25) is 15.9 Å². The number of amides is 1. The fourth-order valence-corrected chi connectivity index (χ4v) is 3.01. The van der Waals surface area contributed by atoms with E-state index in [0.29, 0.717) is 5.69 Å². The Bertz CT molecular complexity index is 857. The van der Waals surface area contributed by atoms with E-state index in [-0.39, 0.29) is 30.3 Å². The third-order valence-electron chi connectivity index (χ3n) is 3.20. The number of benzene rings is 1. The van der Waals surface area contributed by atoms with Gasteiger partial charge in [0, 0.05) is 19.2 Å². The number of alkyl halides is 3. The molecule has 2 N–H and O–H groups in total. The van der Waals surface area contributed by atoms with Crippen LogP contribution in [0.5, 0.6) is 5.75 Å². The van der Waals surface area contributed by atoms with Crippen LogP contribution >= 0.6 is 0 Å². The molecule has 0 spiro atoms. The third kappa shape index (κ3) is 7.23. The maximum absolute atomic E-state index is 12.1. The molecule has 0 saturated heterocycles. The molecule has 0 fully saturated rings. The van der Waals surface area contributed by atoms with E-state index < -0.39 is 22.1 Å². The predicted molar refractivity (Wildman–Crippen MR) is 89.0 cm³/mol. The molecule has 2 aromatic rings. The highest BCUT2D eigenvalue weighted by atomic mass is 32.2. The molecule has 1 aromatic carbocycles. The van der Waals surface area contributed by atoms with Gasteiger partial charge in [0.15, 0.2) is 0 Å². The average molecular weight is 403 g/mol. The van der Waals surface area contributed by atoms with Crippen molar-refractivity contribution in [2.45, 2.75) is 24.2 Å². The Morgan fingerprint density at radius 2 is 1.81 bits per heavy atom. The monoisotopic (exact) mass is 403 g/mol. The second kappa shape index (κ2) is 8.82. The largest absolute Gasteiger partial charge is 0.573 e. The molecule has 0 aliphatic heterocycles. The Morgan fingerprint density at radius 3 is 2.41 bits per heavy atom. The smallest absolute Gasteiger partial charge is 0.406 e. The van der Waals surface area contributed by atoms with E-state index in [1.807, 2.05) is 0 Å². The molecule has 1 amide bonds. The Morgan fingerprint density at radius 1 is 1.11 bits per heavy atom. The molecule has 1 aromatic heterocycles. The van der Waals surface area contributed by atoms with Crippen LogP contribution in [0.3, 0.4) is 0 Å². The molecule has 0 atom stereocenters. The number of hydrogen-bond donors (Lipinski definition) is 2. The number of halogens is 3. The van der Waals surface area contributed by atoms with Crippen LogP contribution in [0.2, 0.25) is 0 Å². The van der Waals surface area contributed by atoms with Gasteiger partial charge in [-0.2, -0.15) is 0 Å². The van der Waals surface area contributed by atoms with E-state index in [1.165, 1.54) is 0 Å². The Kier molecular flexibility index (Phi) is 6.75. The number of pyridine rings is 1. The van der Waals surface area contributed by atoms with Crippen LogP contribution < -0.4 is 14.8 Å². The van der Waals surface area contributed by atoms with Gasteiger partial charge in [-0.15, -0.1) is 13.2 Å². The summed E-state index contributed by atoms with van der Waals surface area (Å²) in [5.74, 6) is -0.910. The third-order valence-corrected chi connectivity index (χ3v) is 4.68. The van der Waals surface area contributed by atoms with Crippen molar-refractivity contribution in [2.75, 3.05) is 6.54 Å². The topological polar surface area (TPSA) is 97.4 Å². The summed E-state index contributed by atoms with van der Waals surface area (Å²) in [6, 6.07) is 8.98. The second-order valence-corrected chi connectivity index (χ2v) is 7.03. The normalized spacial score (nSPS) is 11.8. The van der Waals surface area contributed by atoms with E-state index >= 15 is 0 Å². The Balaban J connectivity index is 1.81. The molecule has 0 radical (unpaired) electrons. The zero-order chi connectivity index (χ0) is 19.9. The van der Waals surface area contributed by atoms with Crippen molar-refractivity contribution in [1.29, 1.82) is 0 Å². The molecule has 2 rings (SSSR count). The molecule has 0 unspecified atom stereocenters. The van der Waals surface area contributed by atoms with Gasteiger partial charge >= 0.3 is 6.36 Å². The van der Waals surface area contributed by atoms with Crippen molar-refractivity contribution in [2.24, 2.45) is 0 Å². The summed E-state index contributed by atoms with van der Waals surface area (Å²) in [6.45, 7) is 0.0459. The average Bonchev–Trinajstić information content (AvgIpc) is 2.60. The van der Waals surface area contributed by atoms with Gasteiger partial charge < -0.3 is 10.1 Å². The van der Waals surface area contributed by atoms with E-state index in [1.54, 1.807) is 24.4 Å². The number of hydrogen-bond acceptors (Lipinski definition) is 5. The van der Waals surface area contributed by atoms with Gasteiger partial charge in [-0.1, -0.05) is 6.07 Å². The van der Waals surface area contributed by atoms with E-state index in [4.69, 9.17) is 0 Å². The zero-order valence-corrected chi connectivity index (χ0v) is 14.7. The van der Waals surface area contributed by atoms with Gasteiger partial charge in [-0.25, -0.2) is 13.1 Å². The van der Waals surface area contributed by atoms with Crippen LogP contribution in [0, 0.1) is 0 Å². The van der Waals surface area contributed by atoms with Crippen molar-refractivity contribution < 1.29 is 31.1 Å². The summed E-state index contributed by atoms with van der Waals surface area (Å²) in [7, 11) is -3.96. The predicted octanol–water partition coefficient (Wildman–Crippen LogP) is 1.96. The number of sulfonamides is 1. The first kappa shape index (κ1) is 20.6. The standard InChI is InChI=1S/C16H16F3N3O4S/c17-16(18,19)26-13-4-6-14(7-5-13)27(24,25)22-10-8-15(23)21-11-12-3-1-2-9-20-12/h1-7,9,22H,8,10-11H2,(H,21,23). The van der Waals surface area contributed by atoms with Crippen molar-refractivity contribution in [3.8, 4) is 5.75 Å². The highest BCUT2D eigenvalue weighted by Gasteiger charge is 2.31. The number of nitrogens with one attached hydrogen (secondary N) is 2. The van der Waals surface area contributed by atoms with Crippen molar-refractivity contribution in [3.05, 3.63) is 54.4 Å². The van der Waals surface area contributed by atoms with Gasteiger partial charge in [-0.3, -0.25) is 9.78 Å². The Hall–Kier alpha value is -2.66. The van der Waals surface area contributed by atoms with Gasteiger partial charge in [-0.05, 0) is 36.4 Å². The molecule has 27 heavy (non-hydrogen) atoms. The summed E-state index contributed by atoms with van der Waals surface area (Å²) in [4.78, 5) is 15.5. The summed E-state index contributed by atoms with van der Waals surface area (Å²) in [5, 5.41) is 2.59. The summed E-state index contributed by atoms with van der Waals surface area (Å²) < 4.78 is 66.3. The zero-order valence-electron chi connectivity index (χ0n) is 13.9. The molecule has 11 heteroatoms. The number of nitrogens with zero attached hydrogens (tertiary/aromatic N) is 1. The number of ether oxygens (including phenoxy) is 1. The van der Waals surface area contributed by atoms with Crippen LogP contribution in [0.25, 0.3) is 0 Å². The second-order valence-electron chi connectivity index (χ2n) is 5.26. The molecule has 0 bridgehead atoms. The van der Waals surface area contributed by atoms with Gasteiger partial charge in [0.05, 0.1) is 17.1 Å². The maximum atomic E-state index is 12.1. The molecular weight excluding hydrogens is 387 g/mol. The van der Waals surface area contributed by atoms with Crippen LogP contribution in [-0.2, 0) is 21.4 Å². The first-order valence-corrected chi connectivity index (χ1v) is 9.16. The number of carbonyl (C=O) groups is 1. The molecule has 0 aliphatic carbocycles. The number of aromatic nitrogens is 1. The molecule has 0 saturated carbocycles.